The van der Waals surface area contributed by atoms with Crippen LogP contribution in [0.25, 0.3) is 10.6 Å². The molecule has 0 aliphatic heterocycles. The first-order valence-corrected chi connectivity index (χ1v) is 10.2. The van der Waals surface area contributed by atoms with E-state index in [1.54, 1.807) is 12.1 Å². The molecule has 0 unspecified atom stereocenters. The van der Waals surface area contributed by atoms with E-state index in [9.17, 15) is 9.59 Å². The average molecular weight is 382 g/mol. The van der Waals surface area contributed by atoms with E-state index in [-0.39, 0.29) is 5.56 Å². The standard InChI is InChI=1S/C20H22N4O2S/c25-19-15(8-9-16(21-19)17-7-4-10-27-17)20(26)22-18-12-14(23-24-18)11-13-5-2-1-3-6-13/h4,7-10,12-13H,1-3,5-6,11H2,(H,21,25)(H2,22,23,24,26). The highest BCUT2D eigenvalue weighted by Gasteiger charge is 2.17. The quantitative estimate of drug-likeness (QED) is 0.617. The van der Waals surface area contributed by atoms with Gasteiger partial charge >= 0.3 is 0 Å². The van der Waals surface area contributed by atoms with Gasteiger partial charge in [0.05, 0.1) is 10.6 Å². The smallest absolute Gasteiger partial charge is 0.262 e. The number of hydrogen-bond acceptors (Lipinski definition) is 4. The van der Waals surface area contributed by atoms with Gasteiger partial charge in [0.1, 0.15) is 5.56 Å². The first-order chi connectivity index (χ1) is 13.2. The molecular weight excluding hydrogens is 360 g/mol. The highest BCUT2D eigenvalue weighted by Crippen LogP contribution is 2.27. The molecule has 27 heavy (non-hydrogen) atoms. The number of pyridine rings is 1. The summed E-state index contributed by atoms with van der Waals surface area (Å²) >= 11 is 1.53. The van der Waals surface area contributed by atoms with Crippen LogP contribution in [0.4, 0.5) is 5.82 Å². The van der Waals surface area contributed by atoms with Crippen LogP contribution in [0.15, 0.2) is 40.5 Å². The fourth-order valence-corrected chi connectivity index (χ4v) is 4.35. The van der Waals surface area contributed by atoms with E-state index >= 15 is 0 Å². The van der Waals surface area contributed by atoms with E-state index in [4.69, 9.17) is 0 Å². The molecule has 0 saturated heterocycles. The van der Waals surface area contributed by atoms with Crippen molar-refractivity contribution in [1.82, 2.24) is 15.2 Å². The molecule has 3 aromatic heterocycles. The molecule has 140 valence electrons. The van der Waals surface area contributed by atoms with E-state index < -0.39 is 11.5 Å². The number of aromatic nitrogens is 3. The molecule has 1 aliphatic carbocycles. The van der Waals surface area contributed by atoms with E-state index in [0.29, 0.717) is 17.4 Å². The summed E-state index contributed by atoms with van der Waals surface area (Å²) < 4.78 is 0. The average Bonchev–Trinajstić information content (AvgIpc) is 3.35. The number of anilines is 1. The fourth-order valence-electron chi connectivity index (χ4n) is 3.64. The van der Waals surface area contributed by atoms with Gasteiger partial charge in [0, 0.05) is 11.8 Å². The summed E-state index contributed by atoms with van der Waals surface area (Å²) in [6.07, 6.45) is 7.40. The first-order valence-electron chi connectivity index (χ1n) is 9.32. The molecular formula is C20H22N4O2S. The number of nitrogens with one attached hydrogen (secondary N) is 3. The summed E-state index contributed by atoms with van der Waals surface area (Å²) in [5.74, 6) is 0.688. The highest BCUT2D eigenvalue weighted by atomic mass is 32.1. The molecule has 1 saturated carbocycles. The van der Waals surface area contributed by atoms with Crippen LogP contribution < -0.4 is 10.9 Å². The van der Waals surface area contributed by atoms with E-state index in [1.807, 2.05) is 23.6 Å². The van der Waals surface area contributed by atoms with Gasteiger partial charge in [-0.3, -0.25) is 14.7 Å². The normalized spacial score (nSPS) is 15.0. The predicted octanol–water partition coefficient (Wildman–Crippen LogP) is 4.20. The molecule has 1 amide bonds. The Morgan fingerprint density at radius 1 is 1.22 bits per heavy atom. The highest BCUT2D eigenvalue weighted by molar-refractivity contribution is 7.13. The SMILES string of the molecule is O=C(Nc1cc(CC2CCCCC2)[nH]n1)c1ccc(-c2cccs2)[nH]c1=O. The van der Waals surface area contributed by atoms with Crippen molar-refractivity contribution in [1.29, 1.82) is 0 Å². The minimum Gasteiger partial charge on any atom is -0.321 e. The fraction of sp³-hybridized carbons (Fsp3) is 0.350. The minimum atomic E-state index is -0.454. The lowest BCUT2D eigenvalue weighted by Gasteiger charge is -2.20. The summed E-state index contributed by atoms with van der Waals surface area (Å²) in [6.45, 7) is 0. The van der Waals surface area contributed by atoms with Crippen molar-refractivity contribution >= 4 is 23.1 Å². The maximum atomic E-state index is 12.4. The number of thiophene rings is 1. The number of H-pyrrole nitrogens is 2. The number of aromatic amines is 2. The molecule has 1 aliphatic rings. The van der Waals surface area contributed by atoms with Gasteiger partial charge in [-0.2, -0.15) is 5.10 Å². The second-order valence-corrected chi connectivity index (χ2v) is 7.98. The summed E-state index contributed by atoms with van der Waals surface area (Å²) in [5.41, 5.74) is 1.41. The first kappa shape index (κ1) is 17.7. The van der Waals surface area contributed by atoms with E-state index in [2.05, 4.69) is 20.5 Å². The molecule has 0 bridgehead atoms. The van der Waals surface area contributed by atoms with Crippen molar-refractivity contribution in [3.8, 4) is 10.6 Å². The Hall–Kier alpha value is -2.67. The third-order valence-corrected chi connectivity index (χ3v) is 5.95. The summed E-state index contributed by atoms with van der Waals surface area (Å²) in [5, 5.41) is 11.8. The molecule has 0 spiro atoms. The number of rotatable bonds is 5. The van der Waals surface area contributed by atoms with Crippen molar-refractivity contribution in [3.63, 3.8) is 0 Å². The van der Waals surface area contributed by atoms with Crippen molar-refractivity contribution in [2.24, 2.45) is 5.92 Å². The second-order valence-electron chi connectivity index (χ2n) is 7.03. The number of carbonyl (C=O) groups is 1. The molecule has 3 aromatic rings. The third-order valence-electron chi connectivity index (χ3n) is 5.05. The Kier molecular flexibility index (Phi) is 5.20. The Labute approximate surface area is 161 Å². The molecule has 7 heteroatoms. The Balaban J connectivity index is 1.42. The number of nitrogens with zero attached hydrogens (tertiary/aromatic N) is 1. The summed E-state index contributed by atoms with van der Waals surface area (Å²) in [4.78, 5) is 28.5. The maximum Gasteiger partial charge on any atom is 0.262 e. The molecule has 6 nitrogen and oxygen atoms in total. The van der Waals surface area contributed by atoms with Crippen molar-refractivity contribution < 1.29 is 4.79 Å². The maximum absolute atomic E-state index is 12.4. The topological polar surface area (TPSA) is 90.6 Å². The van der Waals surface area contributed by atoms with Crippen molar-refractivity contribution in [2.75, 3.05) is 5.32 Å². The zero-order chi connectivity index (χ0) is 18.6. The van der Waals surface area contributed by atoms with Gasteiger partial charge < -0.3 is 10.3 Å². The Morgan fingerprint density at radius 2 is 2.07 bits per heavy atom. The zero-order valence-electron chi connectivity index (χ0n) is 15.0. The molecule has 0 aromatic carbocycles. The zero-order valence-corrected chi connectivity index (χ0v) is 15.8. The van der Waals surface area contributed by atoms with Crippen LogP contribution in [-0.2, 0) is 6.42 Å². The van der Waals surface area contributed by atoms with Crippen molar-refractivity contribution in [2.45, 2.75) is 38.5 Å². The summed E-state index contributed by atoms with van der Waals surface area (Å²) in [6, 6.07) is 9.01. The third kappa shape index (κ3) is 4.19. The van der Waals surface area contributed by atoms with Crippen LogP contribution in [0.3, 0.4) is 0 Å². The molecule has 0 atom stereocenters. The van der Waals surface area contributed by atoms with Gasteiger partial charge in [-0.25, -0.2) is 0 Å². The number of carbonyl (C=O) groups excluding carboxylic acids is 1. The number of amides is 1. The van der Waals surface area contributed by atoms with E-state index in [1.165, 1.54) is 43.4 Å². The molecule has 3 N–H and O–H groups in total. The van der Waals surface area contributed by atoms with Gasteiger partial charge in [-0.1, -0.05) is 38.2 Å². The lowest BCUT2D eigenvalue weighted by Crippen LogP contribution is -2.23. The molecule has 1 fully saturated rings. The van der Waals surface area contributed by atoms with Gasteiger partial charge in [-0.05, 0) is 35.9 Å². The predicted molar refractivity (Wildman–Crippen MR) is 107 cm³/mol. The van der Waals surface area contributed by atoms with Crippen LogP contribution in [0.5, 0.6) is 0 Å². The lowest BCUT2D eigenvalue weighted by atomic mass is 9.86. The molecule has 4 rings (SSSR count). The summed E-state index contributed by atoms with van der Waals surface area (Å²) in [7, 11) is 0. The van der Waals surface area contributed by atoms with Crippen molar-refractivity contribution in [3.05, 3.63) is 57.3 Å². The van der Waals surface area contributed by atoms with Gasteiger partial charge in [0.15, 0.2) is 5.82 Å². The van der Waals surface area contributed by atoms with Crippen LogP contribution in [0, 0.1) is 5.92 Å². The largest absolute Gasteiger partial charge is 0.321 e. The van der Waals surface area contributed by atoms with E-state index in [0.717, 1.165) is 17.0 Å². The van der Waals surface area contributed by atoms with Crippen LogP contribution in [0.2, 0.25) is 0 Å². The van der Waals surface area contributed by atoms with Crippen LogP contribution in [-0.4, -0.2) is 21.1 Å². The Morgan fingerprint density at radius 3 is 2.81 bits per heavy atom. The molecule has 0 radical (unpaired) electrons. The van der Waals surface area contributed by atoms with Crippen LogP contribution in [0.1, 0.15) is 48.2 Å². The van der Waals surface area contributed by atoms with Gasteiger partial charge in [-0.15, -0.1) is 11.3 Å². The monoisotopic (exact) mass is 382 g/mol. The lowest BCUT2D eigenvalue weighted by molar-refractivity contribution is 0.102. The van der Waals surface area contributed by atoms with Gasteiger partial charge in [0.25, 0.3) is 11.5 Å². The Bertz CT molecular complexity index is 968. The number of hydrogen-bond donors (Lipinski definition) is 3. The minimum absolute atomic E-state index is 0.0761. The van der Waals surface area contributed by atoms with Crippen LogP contribution >= 0.6 is 11.3 Å². The van der Waals surface area contributed by atoms with Gasteiger partial charge in [0.2, 0.25) is 0 Å². The molecule has 3 heterocycles. The second kappa shape index (κ2) is 7.92.